The summed E-state index contributed by atoms with van der Waals surface area (Å²) in [6, 6.07) is 1.08. The molecule has 4 nitrogen and oxygen atoms in total. The molecule has 0 unspecified atom stereocenters. The number of hydrogen-bond acceptors (Lipinski definition) is 3. The lowest BCUT2D eigenvalue weighted by molar-refractivity contribution is -0.135. The number of carbonyl (C=O) groups excluding carboxylic acids is 2. The van der Waals surface area contributed by atoms with Gasteiger partial charge in [0.1, 0.15) is 5.82 Å². The van der Waals surface area contributed by atoms with Crippen molar-refractivity contribution in [3.8, 4) is 0 Å². The van der Waals surface area contributed by atoms with Crippen LogP contribution in [-0.2, 0) is 16.0 Å². The van der Waals surface area contributed by atoms with Crippen LogP contribution < -0.4 is 5.32 Å². The third kappa shape index (κ3) is 3.36. The summed E-state index contributed by atoms with van der Waals surface area (Å²) in [5.74, 6) is -4.10. The summed E-state index contributed by atoms with van der Waals surface area (Å²) >= 11 is 0. The molecule has 1 aliphatic rings. The van der Waals surface area contributed by atoms with Gasteiger partial charge in [0.25, 0.3) is 0 Å². The van der Waals surface area contributed by atoms with Crippen molar-refractivity contribution >= 4 is 11.7 Å². The van der Waals surface area contributed by atoms with Crippen LogP contribution in [0.25, 0.3) is 0 Å². The van der Waals surface area contributed by atoms with E-state index in [0.717, 1.165) is 0 Å². The third-order valence-electron chi connectivity index (χ3n) is 3.03. The Hall–Kier alpha value is -1.89. The molecule has 0 atom stereocenters. The van der Waals surface area contributed by atoms with Gasteiger partial charge >= 0.3 is 0 Å². The minimum Gasteiger partial charge on any atom is -0.333 e. The zero-order chi connectivity index (χ0) is 14.7. The first kappa shape index (κ1) is 14.5. The van der Waals surface area contributed by atoms with Crippen LogP contribution in [0.15, 0.2) is 12.1 Å². The van der Waals surface area contributed by atoms with Crippen LogP contribution in [0.2, 0.25) is 0 Å². The van der Waals surface area contributed by atoms with Crippen LogP contribution >= 0.6 is 0 Å². The van der Waals surface area contributed by atoms with Crippen LogP contribution in [0, 0.1) is 17.5 Å². The molecular weight excluding hydrogens is 273 g/mol. The van der Waals surface area contributed by atoms with Crippen molar-refractivity contribution in [2.24, 2.45) is 0 Å². The van der Waals surface area contributed by atoms with Gasteiger partial charge in [-0.05, 0) is 11.6 Å². The number of benzene rings is 1. The first-order valence-corrected chi connectivity index (χ1v) is 6.11. The second-order valence-electron chi connectivity index (χ2n) is 4.57. The second kappa shape index (κ2) is 6.04. The molecule has 1 N–H and O–H groups in total. The highest BCUT2D eigenvalue weighted by atomic mass is 19.2. The van der Waals surface area contributed by atoms with E-state index in [1.165, 1.54) is 4.90 Å². The molecule has 1 aromatic rings. The number of hydrogen-bond donors (Lipinski definition) is 1. The number of carbonyl (C=O) groups is 2. The van der Waals surface area contributed by atoms with Gasteiger partial charge in [0.2, 0.25) is 5.91 Å². The summed E-state index contributed by atoms with van der Waals surface area (Å²) < 4.78 is 39.2. The maximum atomic E-state index is 13.4. The van der Waals surface area contributed by atoms with Crippen LogP contribution in [-0.4, -0.2) is 42.8 Å². The van der Waals surface area contributed by atoms with Crippen LogP contribution in [0.3, 0.4) is 0 Å². The molecule has 1 amide bonds. The first-order chi connectivity index (χ1) is 9.47. The number of piperazine rings is 1. The minimum absolute atomic E-state index is 0.154. The van der Waals surface area contributed by atoms with E-state index in [1.54, 1.807) is 0 Å². The van der Waals surface area contributed by atoms with E-state index in [0.29, 0.717) is 25.2 Å². The SMILES string of the molecule is O=C(Cc1cc(F)c(F)cc1F)CN1CCNCC1=O. The Morgan fingerprint density at radius 2 is 1.90 bits per heavy atom. The Morgan fingerprint density at radius 1 is 1.20 bits per heavy atom. The summed E-state index contributed by atoms with van der Waals surface area (Å²) in [7, 11) is 0. The first-order valence-electron chi connectivity index (χ1n) is 6.11. The van der Waals surface area contributed by atoms with Gasteiger partial charge in [-0.2, -0.15) is 0 Å². The number of nitrogens with zero attached hydrogens (tertiary/aromatic N) is 1. The second-order valence-corrected chi connectivity index (χ2v) is 4.57. The summed E-state index contributed by atoms with van der Waals surface area (Å²) in [6.07, 6.45) is -0.375. The number of Topliss-reactive ketones (excluding diaryl/α,β-unsaturated/α-hetero) is 1. The lowest BCUT2D eigenvalue weighted by Gasteiger charge is -2.26. The zero-order valence-corrected chi connectivity index (χ0v) is 10.6. The molecule has 0 aliphatic carbocycles. The molecule has 1 saturated heterocycles. The van der Waals surface area contributed by atoms with Crippen molar-refractivity contribution in [2.45, 2.75) is 6.42 Å². The van der Waals surface area contributed by atoms with E-state index in [1.807, 2.05) is 0 Å². The lowest BCUT2D eigenvalue weighted by atomic mass is 10.1. The Kier molecular flexibility index (Phi) is 4.39. The fourth-order valence-corrected chi connectivity index (χ4v) is 1.99. The molecule has 7 heteroatoms. The molecule has 0 spiro atoms. The summed E-state index contributed by atoms with van der Waals surface area (Å²) in [5, 5.41) is 2.86. The molecule has 20 heavy (non-hydrogen) atoms. The Balaban J connectivity index is 2.01. The van der Waals surface area contributed by atoms with Crippen molar-refractivity contribution < 1.29 is 22.8 Å². The highest BCUT2D eigenvalue weighted by Crippen LogP contribution is 2.14. The smallest absolute Gasteiger partial charge is 0.236 e. The molecule has 108 valence electrons. The maximum absolute atomic E-state index is 13.4. The van der Waals surface area contributed by atoms with Gasteiger partial charge < -0.3 is 10.2 Å². The number of halogens is 3. The minimum atomic E-state index is -1.30. The zero-order valence-electron chi connectivity index (χ0n) is 10.6. The van der Waals surface area contributed by atoms with Crippen LogP contribution in [0.5, 0.6) is 0 Å². The quantitative estimate of drug-likeness (QED) is 0.827. The fraction of sp³-hybridized carbons (Fsp3) is 0.385. The molecule has 1 aliphatic heterocycles. The van der Waals surface area contributed by atoms with E-state index in [4.69, 9.17) is 0 Å². The Morgan fingerprint density at radius 3 is 2.60 bits per heavy atom. The fourth-order valence-electron chi connectivity index (χ4n) is 1.99. The van der Waals surface area contributed by atoms with E-state index >= 15 is 0 Å². The molecule has 1 aromatic carbocycles. The van der Waals surface area contributed by atoms with Crippen molar-refractivity contribution in [1.29, 1.82) is 0 Å². The summed E-state index contributed by atoms with van der Waals surface area (Å²) in [4.78, 5) is 24.6. The van der Waals surface area contributed by atoms with Crippen molar-refractivity contribution in [3.63, 3.8) is 0 Å². The van der Waals surface area contributed by atoms with E-state index in [2.05, 4.69) is 5.32 Å². The predicted octanol–water partition coefficient (Wildman–Crippen LogP) is 0.647. The van der Waals surface area contributed by atoms with Gasteiger partial charge in [-0.15, -0.1) is 0 Å². The van der Waals surface area contributed by atoms with Crippen molar-refractivity contribution in [2.75, 3.05) is 26.2 Å². The molecule has 0 aromatic heterocycles. The molecule has 0 saturated carbocycles. The molecule has 1 fully saturated rings. The summed E-state index contributed by atoms with van der Waals surface area (Å²) in [6.45, 7) is 0.981. The molecular formula is C13H13F3N2O2. The largest absolute Gasteiger partial charge is 0.333 e. The van der Waals surface area contributed by atoms with E-state index in [-0.39, 0.29) is 31.0 Å². The number of rotatable bonds is 4. The van der Waals surface area contributed by atoms with E-state index in [9.17, 15) is 22.8 Å². The molecule has 2 rings (SSSR count). The highest BCUT2D eigenvalue weighted by molar-refractivity contribution is 5.88. The van der Waals surface area contributed by atoms with E-state index < -0.39 is 23.2 Å². The Bertz CT molecular complexity index is 549. The van der Waals surface area contributed by atoms with Gasteiger partial charge in [0.15, 0.2) is 17.4 Å². The standard InChI is InChI=1S/C13H13F3N2O2/c14-10-5-12(16)11(15)4-8(10)3-9(19)7-18-2-1-17-6-13(18)20/h4-5,17H,1-3,6-7H2. The van der Waals surface area contributed by atoms with Gasteiger partial charge in [-0.25, -0.2) is 13.2 Å². The number of ketones is 1. The molecule has 0 bridgehead atoms. The highest BCUT2D eigenvalue weighted by Gasteiger charge is 2.21. The third-order valence-corrected chi connectivity index (χ3v) is 3.03. The van der Waals surface area contributed by atoms with Crippen molar-refractivity contribution in [3.05, 3.63) is 35.1 Å². The number of nitrogens with one attached hydrogen (secondary N) is 1. The molecule has 0 radical (unpaired) electrons. The normalized spacial score (nSPS) is 15.6. The predicted molar refractivity (Wildman–Crippen MR) is 64.5 cm³/mol. The maximum Gasteiger partial charge on any atom is 0.236 e. The average molecular weight is 286 g/mol. The van der Waals surface area contributed by atoms with Gasteiger partial charge in [-0.3, -0.25) is 9.59 Å². The number of amides is 1. The summed E-state index contributed by atoms with van der Waals surface area (Å²) in [5.41, 5.74) is -0.212. The van der Waals surface area contributed by atoms with Gasteiger partial charge in [0, 0.05) is 25.6 Å². The lowest BCUT2D eigenvalue weighted by Crippen LogP contribution is -2.49. The van der Waals surface area contributed by atoms with Crippen LogP contribution in [0.4, 0.5) is 13.2 Å². The van der Waals surface area contributed by atoms with Crippen LogP contribution in [0.1, 0.15) is 5.56 Å². The van der Waals surface area contributed by atoms with Crippen molar-refractivity contribution in [1.82, 2.24) is 10.2 Å². The topological polar surface area (TPSA) is 49.4 Å². The Labute approximate surface area is 113 Å². The van der Waals surface area contributed by atoms with Gasteiger partial charge in [-0.1, -0.05) is 0 Å². The van der Waals surface area contributed by atoms with Gasteiger partial charge in [0.05, 0.1) is 13.1 Å². The monoisotopic (exact) mass is 286 g/mol. The average Bonchev–Trinajstić information content (AvgIpc) is 2.39. The molecule has 1 heterocycles.